The molecule has 2 rings (SSSR count). The number of carbonyl (C=O) groups excluding carboxylic acids is 1. The molecule has 120 valence electrons. The fourth-order valence-corrected chi connectivity index (χ4v) is 3.44. The van der Waals surface area contributed by atoms with E-state index in [1.54, 1.807) is 12.1 Å². The lowest BCUT2D eigenvalue weighted by atomic mass is 9.65. The Balaban J connectivity index is 2.08. The molecule has 1 aliphatic carbocycles. The van der Waals surface area contributed by atoms with Crippen molar-refractivity contribution in [3.8, 4) is 0 Å². The summed E-state index contributed by atoms with van der Waals surface area (Å²) in [5.41, 5.74) is -0.294. The zero-order valence-corrected chi connectivity index (χ0v) is 13.9. The SMILES string of the molecule is CC1(C)[C@H](C(=O)O)CC[C@]1(C)C(=O)NCc1ccc(Cl)cc1. The second kappa shape index (κ2) is 5.92. The molecule has 1 aromatic rings. The van der Waals surface area contributed by atoms with Crippen molar-refractivity contribution in [2.24, 2.45) is 16.7 Å². The van der Waals surface area contributed by atoms with Gasteiger partial charge in [0.2, 0.25) is 5.91 Å². The summed E-state index contributed by atoms with van der Waals surface area (Å²) in [6, 6.07) is 7.30. The third kappa shape index (κ3) is 2.84. The molecule has 1 aromatic carbocycles. The van der Waals surface area contributed by atoms with Crippen LogP contribution in [-0.4, -0.2) is 17.0 Å². The molecule has 1 amide bonds. The highest BCUT2D eigenvalue weighted by Crippen LogP contribution is 2.56. The van der Waals surface area contributed by atoms with E-state index < -0.39 is 22.7 Å². The summed E-state index contributed by atoms with van der Waals surface area (Å²) in [6.45, 7) is 6.04. The van der Waals surface area contributed by atoms with Crippen LogP contribution in [0.4, 0.5) is 0 Å². The minimum Gasteiger partial charge on any atom is -0.481 e. The Bertz CT molecular complexity index is 582. The summed E-state index contributed by atoms with van der Waals surface area (Å²) < 4.78 is 0. The quantitative estimate of drug-likeness (QED) is 0.891. The first-order chi connectivity index (χ1) is 10.2. The Morgan fingerprint density at radius 2 is 1.86 bits per heavy atom. The lowest BCUT2D eigenvalue weighted by molar-refractivity contribution is -0.148. The first-order valence-corrected chi connectivity index (χ1v) is 7.82. The van der Waals surface area contributed by atoms with Crippen LogP contribution in [0.1, 0.15) is 39.2 Å². The van der Waals surface area contributed by atoms with Gasteiger partial charge in [-0.25, -0.2) is 0 Å². The van der Waals surface area contributed by atoms with E-state index in [0.29, 0.717) is 24.4 Å². The summed E-state index contributed by atoms with van der Waals surface area (Å²) in [5.74, 6) is -1.39. The van der Waals surface area contributed by atoms with E-state index in [0.717, 1.165) is 5.56 Å². The maximum absolute atomic E-state index is 12.7. The maximum Gasteiger partial charge on any atom is 0.307 e. The molecule has 2 N–H and O–H groups in total. The standard InChI is InChI=1S/C17H22ClNO3/c1-16(2)13(14(20)21)8-9-17(16,3)15(22)19-10-11-4-6-12(18)7-5-11/h4-7,13H,8-10H2,1-3H3,(H,19,22)(H,20,21)/t13-,17+/m0/s1. The van der Waals surface area contributed by atoms with E-state index in [9.17, 15) is 14.7 Å². The van der Waals surface area contributed by atoms with Crippen molar-refractivity contribution >= 4 is 23.5 Å². The minimum atomic E-state index is -0.820. The highest BCUT2D eigenvalue weighted by Gasteiger charge is 2.58. The molecule has 5 heteroatoms. The van der Waals surface area contributed by atoms with E-state index in [1.807, 2.05) is 32.9 Å². The zero-order chi connectivity index (χ0) is 16.5. The van der Waals surface area contributed by atoms with E-state index in [4.69, 9.17) is 11.6 Å². The molecule has 1 fully saturated rings. The molecular formula is C17H22ClNO3. The molecule has 0 aliphatic heterocycles. The van der Waals surface area contributed by atoms with E-state index in [2.05, 4.69) is 5.32 Å². The number of carbonyl (C=O) groups is 2. The summed E-state index contributed by atoms with van der Waals surface area (Å²) in [7, 11) is 0. The monoisotopic (exact) mass is 323 g/mol. The number of aliphatic carboxylic acids is 1. The molecule has 0 heterocycles. The Morgan fingerprint density at radius 3 is 2.36 bits per heavy atom. The number of amides is 1. The van der Waals surface area contributed by atoms with Crippen molar-refractivity contribution in [2.45, 2.75) is 40.2 Å². The number of rotatable bonds is 4. The smallest absolute Gasteiger partial charge is 0.307 e. The lowest BCUT2D eigenvalue weighted by Gasteiger charge is -2.39. The molecule has 1 saturated carbocycles. The number of hydrogen-bond donors (Lipinski definition) is 2. The fraction of sp³-hybridized carbons (Fsp3) is 0.529. The first kappa shape index (κ1) is 16.8. The van der Waals surface area contributed by atoms with Gasteiger partial charge in [-0.1, -0.05) is 44.5 Å². The predicted molar refractivity (Wildman–Crippen MR) is 85.5 cm³/mol. The highest BCUT2D eigenvalue weighted by molar-refractivity contribution is 6.30. The fourth-order valence-electron chi connectivity index (χ4n) is 3.32. The van der Waals surface area contributed by atoms with Crippen LogP contribution in [0.5, 0.6) is 0 Å². The van der Waals surface area contributed by atoms with Crippen LogP contribution in [0.25, 0.3) is 0 Å². The average molecular weight is 324 g/mol. The van der Waals surface area contributed by atoms with Crippen molar-refractivity contribution in [1.82, 2.24) is 5.32 Å². The molecule has 22 heavy (non-hydrogen) atoms. The van der Waals surface area contributed by atoms with Crippen molar-refractivity contribution in [3.63, 3.8) is 0 Å². The molecule has 0 unspecified atom stereocenters. The van der Waals surface area contributed by atoms with Crippen LogP contribution in [0.2, 0.25) is 5.02 Å². The van der Waals surface area contributed by atoms with Gasteiger partial charge in [-0.2, -0.15) is 0 Å². The normalized spacial score (nSPS) is 26.6. The summed E-state index contributed by atoms with van der Waals surface area (Å²) >= 11 is 5.84. The molecule has 0 saturated heterocycles. The molecule has 0 radical (unpaired) electrons. The van der Waals surface area contributed by atoms with Gasteiger partial charge in [0.05, 0.1) is 11.3 Å². The van der Waals surface area contributed by atoms with Gasteiger partial charge in [-0.05, 0) is 36.0 Å². The van der Waals surface area contributed by atoms with Gasteiger partial charge < -0.3 is 10.4 Å². The predicted octanol–water partition coefficient (Wildman–Crippen LogP) is 3.48. The molecule has 4 nitrogen and oxygen atoms in total. The molecule has 0 aromatic heterocycles. The summed E-state index contributed by atoms with van der Waals surface area (Å²) in [5, 5.41) is 12.9. The summed E-state index contributed by atoms with van der Waals surface area (Å²) in [6.07, 6.45) is 1.12. The van der Waals surface area contributed by atoms with Gasteiger partial charge in [0.1, 0.15) is 0 Å². The van der Waals surface area contributed by atoms with Gasteiger partial charge in [-0.15, -0.1) is 0 Å². The first-order valence-electron chi connectivity index (χ1n) is 7.44. The van der Waals surface area contributed by atoms with E-state index >= 15 is 0 Å². The number of benzene rings is 1. The van der Waals surface area contributed by atoms with Crippen molar-refractivity contribution in [1.29, 1.82) is 0 Å². The number of halogens is 1. The van der Waals surface area contributed by atoms with Crippen LogP contribution >= 0.6 is 11.6 Å². The molecule has 1 aliphatic rings. The van der Waals surface area contributed by atoms with Crippen molar-refractivity contribution in [2.75, 3.05) is 0 Å². The molecule has 0 bridgehead atoms. The lowest BCUT2D eigenvalue weighted by Crippen LogP contribution is -2.47. The summed E-state index contributed by atoms with van der Waals surface area (Å²) in [4.78, 5) is 24.1. The van der Waals surface area contributed by atoms with Crippen molar-refractivity contribution in [3.05, 3.63) is 34.9 Å². The largest absolute Gasteiger partial charge is 0.481 e. The second-order valence-corrected chi connectivity index (χ2v) is 7.23. The van der Waals surface area contributed by atoms with Gasteiger partial charge in [-0.3, -0.25) is 9.59 Å². The molecule has 2 atom stereocenters. The minimum absolute atomic E-state index is 0.0869. The molecule has 0 spiro atoms. The average Bonchev–Trinajstić information content (AvgIpc) is 2.69. The Labute approximate surface area is 135 Å². The van der Waals surface area contributed by atoms with E-state index in [1.165, 1.54) is 0 Å². The molecular weight excluding hydrogens is 302 g/mol. The Kier molecular flexibility index (Phi) is 4.52. The third-order valence-corrected chi connectivity index (χ3v) is 5.64. The number of hydrogen-bond acceptors (Lipinski definition) is 2. The van der Waals surface area contributed by atoms with Gasteiger partial charge in [0.15, 0.2) is 0 Å². The highest BCUT2D eigenvalue weighted by atomic mass is 35.5. The van der Waals surface area contributed by atoms with Crippen molar-refractivity contribution < 1.29 is 14.7 Å². The topological polar surface area (TPSA) is 66.4 Å². The third-order valence-electron chi connectivity index (χ3n) is 5.39. The van der Waals surface area contributed by atoms with Gasteiger partial charge in [0, 0.05) is 11.6 Å². The van der Waals surface area contributed by atoms with Crippen LogP contribution < -0.4 is 5.32 Å². The Morgan fingerprint density at radius 1 is 1.27 bits per heavy atom. The van der Waals surface area contributed by atoms with Crippen LogP contribution in [0, 0.1) is 16.7 Å². The van der Waals surface area contributed by atoms with Crippen LogP contribution in [0.3, 0.4) is 0 Å². The number of carboxylic acids is 1. The maximum atomic E-state index is 12.7. The second-order valence-electron chi connectivity index (χ2n) is 6.79. The zero-order valence-electron chi connectivity index (χ0n) is 13.1. The van der Waals surface area contributed by atoms with Gasteiger partial charge in [0.25, 0.3) is 0 Å². The van der Waals surface area contributed by atoms with Gasteiger partial charge >= 0.3 is 5.97 Å². The Hall–Kier alpha value is -1.55. The van der Waals surface area contributed by atoms with Crippen LogP contribution in [-0.2, 0) is 16.1 Å². The van der Waals surface area contributed by atoms with Crippen LogP contribution in [0.15, 0.2) is 24.3 Å². The van der Waals surface area contributed by atoms with E-state index in [-0.39, 0.29) is 5.91 Å². The number of carboxylic acid groups (broad SMARTS) is 1. The number of nitrogens with one attached hydrogen (secondary N) is 1.